The van der Waals surface area contributed by atoms with Crippen molar-refractivity contribution in [3.8, 4) is 0 Å². The van der Waals surface area contributed by atoms with Crippen molar-refractivity contribution in [3.05, 3.63) is 60.2 Å². The van der Waals surface area contributed by atoms with Crippen LogP contribution in [0.4, 0.5) is 0 Å². The first-order valence-electron chi connectivity index (χ1n) is 8.18. The van der Waals surface area contributed by atoms with Gasteiger partial charge in [0.1, 0.15) is 11.7 Å². The summed E-state index contributed by atoms with van der Waals surface area (Å²) >= 11 is 0. The Hall–Kier alpha value is -2.68. The molecule has 3 aromatic rings. The minimum absolute atomic E-state index is 0.162. The zero-order valence-electron chi connectivity index (χ0n) is 13.9. The molecule has 24 heavy (non-hydrogen) atoms. The Kier molecular flexibility index (Phi) is 4.61. The number of carbonyl (C=O) groups excluding carboxylic acids is 2. The molecule has 0 aliphatic heterocycles. The molecule has 0 aliphatic carbocycles. The van der Waals surface area contributed by atoms with Crippen LogP contribution in [-0.4, -0.2) is 18.4 Å². The molecule has 0 amide bonds. The predicted molar refractivity (Wildman–Crippen MR) is 96.0 cm³/mol. The van der Waals surface area contributed by atoms with E-state index in [0.717, 1.165) is 27.1 Å². The Morgan fingerprint density at radius 3 is 2.00 bits per heavy atom. The zero-order valence-corrected chi connectivity index (χ0v) is 13.9. The van der Waals surface area contributed by atoms with Crippen LogP contribution >= 0.6 is 0 Å². The van der Waals surface area contributed by atoms with E-state index in [1.807, 2.05) is 36.4 Å². The standard InChI is InChI=1S/C21H20O3/c1-3-24-21(23)19(14(2)22)13-20-17-10-6-4-8-15(17)12-16-9-5-7-11-18(16)20/h4-12,19H,3,13H2,1-2H3. The predicted octanol–water partition coefficient (Wildman–Crippen LogP) is 4.30. The van der Waals surface area contributed by atoms with Crippen LogP contribution in [0.1, 0.15) is 19.4 Å². The van der Waals surface area contributed by atoms with E-state index in [1.165, 1.54) is 6.92 Å². The van der Waals surface area contributed by atoms with Crippen LogP contribution in [0.2, 0.25) is 0 Å². The molecule has 1 unspecified atom stereocenters. The second-order valence-electron chi connectivity index (χ2n) is 5.92. The lowest BCUT2D eigenvalue weighted by Gasteiger charge is -2.16. The quantitative estimate of drug-likeness (QED) is 0.400. The number of ether oxygens (including phenoxy) is 1. The smallest absolute Gasteiger partial charge is 0.316 e. The van der Waals surface area contributed by atoms with E-state index < -0.39 is 11.9 Å². The van der Waals surface area contributed by atoms with Gasteiger partial charge in [0.15, 0.2) is 0 Å². The van der Waals surface area contributed by atoms with Crippen molar-refractivity contribution in [2.45, 2.75) is 20.3 Å². The van der Waals surface area contributed by atoms with Crippen LogP contribution in [-0.2, 0) is 20.7 Å². The van der Waals surface area contributed by atoms with E-state index in [9.17, 15) is 9.59 Å². The number of Topliss-reactive ketones (excluding diaryl/α,β-unsaturated/α-hetero) is 1. The molecule has 0 aliphatic rings. The van der Waals surface area contributed by atoms with Crippen LogP contribution in [0.3, 0.4) is 0 Å². The van der Waals surface area contributed by atoms with E-state index in [2.05, 4.69) is 18.2 Å². The van der Waals surface area contributed by atoms with E-state index >= 15 is 0 Å². The highest BCUT2D eigenvalue weighted by molar-refractivity contribution is 6.04. The second-order valence-corrected chi connectivity index (χ2v) is 5.92. The van der Waals surface area contributed by atoms with Gasteiger partial charge in [-0.2, -0.15) is 0 Å². The lowest BCUT2D eigenvalue weighted by molar-refractivity contribution is -0.151. The lowest BCUT2D eigenvalue weighted by Crippen LogP contribution is -2.26. The number of fused-ring (bicyclic) bond motifs is 2. The van der Waals surface area contributed by atoms with E-state index in [0.29, 0.717) is 6.42 Å². The van der Waals surface area contributed by atoms with Gasteiger partial charge in [-0.15, -0.1) is 0 Å². The van der Waals surface area contributed by atoms with Gasteiger partial charge in [-0.1, -0.05) is 48.5 Å². The van der Waals surface area contributed by atoms with Gasteiger partial charge in [0.2, 0.25) is 0 Å². The Morgan fingerprint density at radius 1 is 0.958 bits per heavy atom. The molecule has 122 valence electrons. The summed E-state index contributed by atoms with van der Waals surface area (Å²) in [5.74, 6) is -1.37. The maximum atomic E-state index is 12.2. The summed E-state index contributed by atoms with van der Waals surface area (Å²) in [7, 11) is 0. The topological polar surface area (TPSA) is 43.4 Å². The van der Waals surface area contributed by atoms with Gasteiger partial charge in [-0.25, -0.2) is 0 Å². The van der Waals surface area contributed by atoms with Crippen molar-refractivity contribution in [2.75, 3.05) is 6.61 Å². The number of hydrogen-bond acceptors (Lipinski definition) is 3. The molecule has 0 saturated heterocycles. The lowest BCUT2D eigenvalue weighted by atomic mass is 9.88. The van der Waals surface area contributed by atoms with Crippen LogP contribution in [0.25, 0.3) is 21.5 Å². The molecule has 0 N–H and O–H groups in total. The Bertz CT molecular complexity index is 857. The third kappa shape index (κ3) is 3.02. The van der Waals surface area contributed by atoms with Crippen molar-refractivity contribution in [3.63, 3.8) is 0 Å². The van der Waals surface area contributed by atoms with Gasteiger partial charge in [0.05, 0.1) is 6.61 Å². The highest BCUT2D eigenvalue weighted by Gasteiger charge is 2.26. The largest absolute Gasteiger partial charge is 0.465 e. The van der Waals surface area contributed by atoms with Gasteiger partial charge in [0, 0.05) is 0 Å². The average molecular weight is 320 g/mol. The average Bonchev–Trinajstić information content (AvgIpc) is 2.58. The molecule has 0 heterocycles. The molecule has 3 rings (SSSR count). The summed E-state index contributed by atoms with van der Waals surface area (Å²) in [6.07, 6.45) is 0.357. The van der Waals surface area contributed by atoms with Crippen molar-refractivity contribution < 1.29 is 14.3 Å². The van der Waals surface area contributed by atoms with Gasteiger partial charge in [0.25, 0.3) is 0 Å². The number of esters is 1. The third-order valence-electron chi connectivity index (χ3n) is 4.35. The first-order chi connectivity index (χ1) is 11.6. The second kappa shape index (κ2) is 6.83. The van der Waals surface area contributed by atoms with Crippen molar-refractivity contribution in [1.82, 2.24) is 0 Å². The molecule has 0 bridgehead atoms. The monoisotopic (exact) mass is 320 g/mol. The highest BCUT2D eigenvalue weighted by atomic mass is 16.5. The SMILES string of the molecule is CCOC(=O)C(Cc1c2ccccc2cc2ccccc12)C(C)=O. The summed E-state index contributed by atoms with van der Waals surface area (Å²) in [5.41, 5.74) is 1.02. The molecular weight excluding hydrogens is 300 g/mol. The minimum atomic E-state index is -0.765. The molecule has 3 nitrogen and oxygen atoms in total. The molecule has 0 spiro atoms. The summed E-state index contributed by atoms with van der Waals surface area (Å²) in [6, 6.07) is 18.3. The number of ketones is 1. The van der Waals surface area contributed by atoms with E-state index in [4.69, 9.17) is 4.74 Å². The Morgan fingerprint density at radius 2 is 1.50 bits per heavy atom. The number of rotatable bonds is 5. The number of carbonyl (C=O) groups is 2. The van der Waals surface area contributed by atoms with Crippen LogP contribution in [0.5, 0.6) is 0 Å². The van der Waals surface area contributed by atoms with Crippen molar-refractivity contribution in [1.29, 1.82) is 0 Å². The van der Waals surface area contributed by atoms with Gasteiger partial charge < -0.3 is 4.74 Å². The fourth-order valence-electron chi connectivity index (χ4n) is 3.17. The Labute approximate surface area is 141 Å². The van der Waals surface area contributed by atoms with Gasteiger partial charge in [-0.05, 0) is 53.4 Å². The number of hydrogen-bond donors (Lipinski definition) is 0. The third-order valence-corrected chi connectivity index (χ3v) is 4.35. The maximum Gasteiger partial charge on any atom is 0.316 e. The van der Waals surface area contributed by atoms with Crippen molar-refractivity contribution >= 4 is 33.3 Å². The highest BCUT2D eigenvalue weighted by Crippen LogP contribution is 2.30. The zero-order chi connectivity index (χ0) is 17.1. The summed E-state index contributed by atoms with van der Waals surface area (Å²) < 4.78 is 5.10. The Balaban J connectivity index is 2.18. The molecule has 3 heteroatoms. The number of benzene rings is 3. The molecule has 0 fully saturated rings. The molecule has 0 radical (unpaired) electrons. The summed E-state index contributed by atoms with van der Waals surface area (Å²) in [4.78, 5) is 24.3. The van der Waals surface area contributed by atoms with E-state index in [1.54, 1.807) is 6.92 Å². The van der Waals surface area contributed by atoms with Crippen LogP contribution in [0.15, 0.2) is 54.6 Å². The first kappa shape index (κ1) is 16.2. The molecule has 1 atom stereocenters. The molecule has 3 aromatic carbocycles. The van der Waals surface area contributed by atoms with Gasteiger partial charge in [-0.3, -0.25) is 9.59 Å². The molecule has 0 saturated carbocycles. The first-order valence-corrected chi connectivity index (χ1v) is 8.18. The van der Waals surface area contributed by atoms with Crippen molar-refractivity contribution in [2.24, 2.45) is 5.92 Å². The maximum absolute atomic E-state index is 12.2. The minimum Gasteiger partial charge on any atom is -0.465 e. The summed E-state index contributed by atoms with van der Waals surface area (Å²) in [5, 5.41) is 4.37. The van der Waals surface area contributed by atoms with Crippen LogP contribution < -0.4 is 0 Å². The van der Waals surface area contributed by atoms with Crippen LogP contribution in [0, 0.1) is 5.92 Å². The molecule has 0 aromatic heterocycles. The fraction of sp³-hybridized carbons (Fsp3) is 0.238. The van der Waals surface area contributed by atoms with Gasteiger partial charge >= 0.3 is 5.97 Å². The fourth-order valence-corrected chi connectivity index (χ4v) is 3.17. The summed E-state index contributed by atoms with van der Waals surface area (Å²) in [6.45, 7) is 3.48. The normalized spacial score (nSPS) is 12.2. The van der Waals surface area contributed by atoms with E-state index in [-0.39, 0.29) is 12.4 Å². The molecular formula is C21H20O3.